The smallest absolute Gasteiger partial charge is 0.234 e. The van der Waals surface area contributed by atoms with Crippen molar-refractivity contribution < 1.29 is 4.79 Å². The fourth-order valence-electron chi connectivity index (χ4n) is 2.23. The van der Waals surface area contributed by atoms with Crippen molar-refractivity contribution in [2.24, 2.45) is 0 Å². The molecule has 3 aromatic rings. The number of carbonyl (C=O) groups excluding carboxylic acids is 1. The lowest BCUT2D eigenvalue weighted by atomic mass is 10.1. The number of nitrogens with one attached hydrogen (secondary N) is 2. The van der Waals surface area contributed by atoms with Gasteiger partial charge in [0, 0.05) is 11.4 Å². The van der Waals surface area contributed by atoms with E-state index in [2.05, 4.69) is 27.8 Å². The first-order valence-corrected chi connectivity index (χ1v) is 9.71. The van der Waals surface area contributed by atoms with Gasteiger partial charge in [-0.1, -0.05) is 66.4 Å². The first-order chi connectivity index (χ1) is 12.2. The minimum atomic E-state index is -0.0429. The third-order valence-electron chi connectivity index (χ3n) is 3.43. The maximum atomic E-state index is 12.2. The number of para-hydroxylation sites is 2. The Balaban J connectivity index is 1.52. The molecule has 2 N–H and O–H groups in total. The van der Waals surface area contributed by atoms with Crippen molar-refractivity contribution in [1.29, 1.82) is 0 Å². The molecule has 0 bridgehead atoms. The SMILES string of the molecule is CCc1ccccc1NC(=O)CSc1nnc(Nc2ccccc2)s1. The van der Waals surface area contributed by atoms with E-state index < -0.39 is 0 Å². The molecule has 3 rings (SSSR count). The second-order valence-electron chi connectivity index (χ2n) is 5.21. The lowest BCUT2D eigenvalue weighted by Gasteiger charge is -2.08. The predicted molar refractivity (Wildman–Crippen MR) is 105 cm³/mol. The Labute approximate surface area is 154 Å². The van der Waals surface area contributed by atoms with E-state index in [0.29, 0.717) is 10.9 Å². The highest BCUT2D eigenvalue weighted by Crippen LogP contribution is 2.27. The monoisotopic (exact) mass is 370 g/mol. The molecule has 0 aliphatic carbocycles. The topological polar surface area (TPSA) is 66.9 Å². The zero-order chi connectivity index (χ0) is 17.5. The summed E-state index contributed by atoms with van der Waals surface area (Å²) < 4.78 is 0.761. The van der Waals surface area contributed by atoms with Gasteiger partial charge in [-0.05, 0) is 30.2 Å². The Hall–Kier alpha value is -2.38. The van der Waals surface area contributed by atoms with E-state index in [0.717, 1.165) is 27.7 Å². The van der Waals surface area contributed by atoms with Crippen molar-refractivity contribution in [2.45, 2.75) is 17.7 Å². The van der Waals surface area contributed by atoms with Gasteiger partial charge in [0.05, 0.1) is 5.75 Å². The molecule has 0 fully saturated rings. The van der Waals surface area contributed by atoms with Gasteiger partial charge in [0.2, 0.25) is 11.0 Å². The zero-order valence-corrected chi connectivity index (χ0v) is 15.4. The third-order valence-corrected chi connectivity index (χ3v) is 5.40. The third kappa shape index (κ3) is 5.04. The van der Waals surface area contributed by atoms with Crippen LogP contribution in [0.1, 0.15) is 12.5 Å². The number of rotatable bonds is 7. The molecule has 128 valence electrons. The van der Waals surface area contributed by atoms with Gasteiger partial charge in [0.25, 0.3) is 0 Å². The molecule has 25 heavy (non-hydrogen) atoms. The second-order valence-corrected chi connectivity index (χ2v) is 7.41. The summed E-state index contributed by atoms with van der Waals surface area (Å²) in [7, 11) is 0. The summed E-state index contributed by atoms with van der Waals surface area (Å²) in [5, 5.41) is 15.1. The Bertz CT molecular complexity index is 836. The molecule has 1 amide bonds. The standard InChI is InChI=1S/C18H18N4OS2/c1-2-13-8-6-7-11-15(13)20-16(23)12-24-18-22-21-17(25-18)19-14-9-4-3-5-10-14/h3-11H,2,12H2,1H3,(H,19,21)(H,20,23). The number of hydrogen-bond acceptors (Lipinski definition) is 6. The first-order valence-electron chi connectivity index (χ1n) is 7.90. The van der Waals surface area contributed by atoms with E-state index in [1.165, 1.54) is 23.1 Å². The van der Waals surface area contributed by atoms with Gasteiger partial charge >= 0.3 is 0 Å². The number of amides is 1. The maximum Gasteiger partial charge on any atom is 0.234 e. The first kappa shape index (κ1) is 17.4. The van der Waals surface area contributed by atoms with Crippen LogP contribution in [0.5, 0.6) is 0 Å². The van der Waals surface area contributed by atoms with E-state index in [4.69, 9.17) is 0 Å². The van der Waals surface area contributed by atoms with Gasteiger partial charge in [-0.2, -0.15) is 0 Å². The van der Waals surface area contributed by atoms with Gasteiger partial charge < -0.3 is 10.6 Å². The fraction of sp³-hybridized carbons (Fsp3) is 0.167. The fourth-order valence-corrected chi connectivity index (χ4v) is 3.80. The molecule has 0 atom stereocenters. The van der Waals surface area contributed by atoms with Crippen molar-refractivity contribution >= 4 is 45.5 Å². The largest absolute Gasteiger partial charge is 0.330 e. The number of carbonyl (C=O) groups is 1. The summed E-state index contributed by atoms with van der Waals surface area (Å²) in [5.41, 5.74) is 2.97. The van der Waals surface area contributed by atoms with Gasteiger partial charge in [-0.15, -0.1) is 10.2 Å². The number of aryl methyl sites for hydroxylation is 1. The molecule has 0 saturated heterocycles. The molecule has 0 saturated carbocycles. The summed E-state index contributed by atoms with van der Waals surface area (Å²) in [5.74, 6) is 0.261. The van der Waals surface area contributed by atoms with Crippen molar-refractivity contribution in [3.63, 3.8) is 0 Å². The van der Waals surface area contributed by atoms with Crippen molar-refractivity contribution in [3.05, 3.63) is 60.2 Å². The van der Waals surface area contributed by atoms with Gasteiger partial charge in [0.15, 0.2) is 4.34 Å². The van der Waals surface area contributed by atoms with Crippen LogP contribution in [0.25, 0.3) is 0 Å². The molecule has 0 aliphatic rings. The molecule has 7 heteroatoms. The van der Waals surface area contributed by atoms with Crippen LogP contribution in [-0.4, -0.2) is 21.9 Å². The van der Waals surface area contributed by atoms with E-state index in [-0.39, 0.29) is 5.91 Å². The minimum absolute atomic E-state index is 0.0429. The van der Waals surface area contributed by atoms with Crippen LogP contribution in [0.15, 0.2) is 58.9 Å². The van der Waals surface area contributed by atoms with Crippen molar-refractivity contribution in [3.8, 4) is 0 Å². The molecule has 0 aliphatic heterocycles. The Morgan fingerprint density at radius 1 is 1.08 bits per heavy atom. The number of benzene rings is 2. The quantitative estimate of drug-likeness (QED) is 0.596. The van der Waals surface area contributed by atoms with Crippen molar-refractivity contribution in [1.82, 2.24) is 10.2 Å². The van der Waals surface area contributed by atoms with Crippen LogP contribution in [-0.2, 0) is 11.2 Å². The summed E-state index contributed by atoms with van der Waals surface area (Å²) >= 11 is 2.82. The van der Waals surface area contributed by atoms with E-state index >= 15 is 0 Å². The van der Waals surface area contributed by atoms with E-state index in [9.17, 15) is 4.79 Å². The second kappa shape index (κ2) is 8.64. The van der Waals surface area contributed by atoms with Crippen molar-refractivity contribution in [2.75, 3.05) is 16.4 Å². The van der Waals surface area contributed by atoms with Crippen LogP contribution in [0.3, 0.4) is 0 Å². The number of hydrogen-bond donors (Lipinski definition) is 2. The number of anilines is 3. The summed E-state index contributed by atoms with van der Waals surface area (Å²) in [6, 6.07) is 17.7. The van der Waals surface area contributed by atoms with Gasteiger partial charge in [0.1, 0.15) is 0 Å². The Morgan fingerprint density at radius 3 is 2.64 bits per heavy atom. The number of nitrogens with zero attached hydrogens (tertiary/aromatic N) is 2. The molecule has 5 nitrogen and oxygen atoms in total. The normalized spacial score (nSPS) is 10.4. The molecule has 1 aromatic heterocycles. The van der Waals surface area contributed by atoms with E-state index in [1.54, 1.807) is 0 Å². The highest BCUT2D eigenvalue weighted by molar-refractivity contribution is 8.01. The average molecular weight is 371 g/mol. The van der Waals surface area contributed by atoms with Crippen LogP contribution in [0.2, 0.25) is 0 Å². The summed E-state index contributed by atoms with van der Waals surface area (Å²) in [6.07, 6.45) is 0.883. The van der Waals surface area contributed by atoms with Gasteiger partial charge in [-0.3, -0.25) is 4.79 Å². The van der Waals surface area contributed by atoms with Crippen LogP contribution >= 0.6 is 23.1 Å². The highest BCUT2D eigenvalue weighted by atomic mass is 32.2. The minimum Gasteiger partial charge on any atom is -0.330 e. The van der Waals surface area contributed by atoms with Crippen LogP contribution in [0, 0.1) is 0 Å². The molecular formula is C18H18N4OS2. The van der Waals surface area contributed by atoms with Crippen LogP contribution < -0.4 is 10.6 Å². The molecular weight excluding hydrogens is 352 g/mol. The zero-order valence-electron chi connectivity index (χ0n) is 13.7. The molecule has 1 heterocycles. The summed E-state index contributed by atoms with van der Waals surface area (Å²) in [6.45, 7) is 2.07. The predicted octanol–water partition coefficient (Wildman–Crippen LogP) is 4.57. The van der Waals surface area contributed by atoms with Crippen LogP contribution in [0.4, 0.5) is 16.5 Å². The molecule has 0 unspecified atom stereocenters. The Morgan fingerprint density at radius 2 is 1.84 bits per heavy atom. The Kier molecular flexibility index (Phi) is 6.03. The summed E-state index contributed by atoms with van der Waals surface area (Å²) in [4.78, 5) is 12.2. The van der Waals surface area contributed by atoms with E-state index in [1.807, 2.05) is 54.6 Å². The lowest BCUT2D eigenvalue weighted by Crippen LogP contribution is -2.15. The van der Waals surface area contributed by atoms with Gasteiger partial charge in [-0.25, -0.2) is 0 Å². The average Bonchev–Trinajstić information content (AvgIpc) is 3.09. The number of aromatic nitrogens is 2. The highest BCUT2D eigenvalue weighted by Gasteiger charge is 2.10. The number of thioether (sulfide) groups is 1. The molecule has 0 spiro atoms. The lowest BCUT2D eigenvalue weighted by molar-refractivity contribution is -0.113. The molecule has 2 aromatic carbocycles. The molecule has 0 radical (unpaired) electrons. The maximum absolute atomic E-state index is 12.2.